The SMILES string of the molecule is CN1C(=O)CCc2cc(-c3cncc(CNC(=O)c4ccccn4)c3)ccc21. The van der Waals surface area contributed by atoms with Gasteiger partial charge in [0.15, 0.2) is 0 Å². The van der Waals surface area contributed by atoms with Crippen LogP contribution in [-0.4, -0.2) is 28.8 Å². The number of anilines is 1. The van der Waals surface area contributed by atoms with Gasteiger partial charge in [-0.25, -0.2) is 0 Å². The number of benzene rings is 1. The molecule has 0 atom stereocenters. The molecule has 6 heteroatoms. The Balaban J connectivity index is 1.51. The molecule has 1 aliphatic heterocycles. The van der Waals surface area contributed by atoms with Crippen molar-refractivity contribution in [2.45, 2.75) is 19.4 Å². The Morgan fingerprint density at radius 1 is 1.11 bits per heavy atom. The molecule has 2 aromatic heterocycles. The molecule has 0 saturated heterocycles. The second kappa shape index (κ2) is 7.60. The van der Waals surface area contributed by atoms with Crippen LogP contribution in [0.15, 0.2) is 61.1 Å². The molecule has 0 saturated carbocycles. The number of carbonyl (C=O) groups excluding carboxylic acids is 2. The lowest BCUT2D eigenvalue weighted by atomic mass is 9.96. The molecule has 1 aromatic carbocycles. The summed E-state index contributed by atoms with van der Waals surface area (Å²) in [5.41, 5.74) is 5.45. The number of nitrogens with zero attached hydrogens (tertiary/aromatic N) is 3. The second-order valence-corrected chi connectivity index (χ2v) is 6.78. The molecular formula is C22H20N4O2. The lowest BCUT2D eigenvalue weighted by molar-refractivity contribution is -0.118. The number of nitrogens with one attached hydrogen (secondary N) is 1. The highest BCUT2D eigenvalue weighted by Crippen LogP contribution is 2.31. The predicted molar refractivity (Wildman–Crippen MR) is 107 cm³/mol. The van der Waals surface area contributed by atoms with E-state index in [1.807, 2.05) is 31.4 Å². The standard InChI is InChI=1S/C22H20N4O2/c1-26-20-7-5-16(11-17(20)6-8-21(26)27)18-10-15(12-23-14-18)13-25-22(28)19-4-2-3-9-24-19/h2-5,7,9-12,14H,6,8,13H2,1H3,(H,25,28). The van der Waals surface area contributed by atoms with Crippen LogP contribution in [0.25, 0.3) is 11.1 Å². The summed E-state index contributed by atoms with van der Waals surface area (Å²) in [6.45, 7) is 0.373. The zero-order chi connectivity index (χ0) is 19.5. The number of hydrogen-bond acceptors (Lipinski definition) is 4. The van der Waals surface area contributed by atoms with Crippen molar-refractivity contribution in [3.63, 3.8) is 0 Å². The van der Waals surface area contributed by atoms with Crippen molar-refractivity contribution in [1.82, 2.24) is 15.3 Å². The Morgan fingerprint density at radius 3 is 2.82 bits per heavy atom. The van der Waals surface area contributed by atoms with Crippen LogP contribution in [0.3, 0.4) is 0 Å². The summed E-state index contributed by atoms with van der Waals surface area (Å²) in [6.07, 6.45) is 6.43. The first-order valence-corrected chi connectivity index (χ1v) is 9.15. The van der Waals surface area contributed by atoms with E-state index in [2.05, 4.69) is 21.4 Å². The third kappa shape index (κ3) is 3.62. The average molecular weight is 372 g/mol. The minimum absolute atomic E-state index is 0.146. The fraction of sp³-hybridized carbons (Fsp3) is 0.182. The van der Waals surface area contributed by atoms with Gasteiger partial charge in [-0.2, -0.15) is 0 Å². The number of aromatic nitrogens is 2. The minimum Gasteiger partial charge on any atom is -0.347 e. The van der Waals surface area contributed by atoms with Gasteiger partial charge in [-0.3, -0.25) is 19.6 Å². The lowest BCUT2D eigenvalue weighted by Gasteiger charge is -2.26. The van der Waals surface area contributed by atoms with Crippen LogP contribution in [0, 0.1) is 0 Å². The maximum absolute atomic E-state index is 12.2. The van der Waals surface area contributed by atoms with Crippen LogP contribution in [0.5, 0.6) is 0 Å². The molecule has 0 aliphatic carbocycles. The van der Waals surface area contributed by atoms with E-state index in [1.165, 1.54) is 0 Å². The second-order valence-electron chi connectivity index (χ2n) is 6.78. The van der Waals surface area contributed by atoms with Gasteiger partial charge in [0.05, 0.1) is 0 Å². The highest BCUT2D eigenvalue weighted by atomic mass is 16.2. The van der Waals surface area contributed by atoms with Gasteiger partial charge in [-0.15, -0.1) is 0 Å². The number of carbonyl (C=O) groups is 2. The maximum Gasteiger partial charge on any atom is 0.270 e. The van der Waals surface area contributed by atoms with Crippen LogP contribution >= 0.6 is 0 Å². The zero-order valence-electron chi connectivity index (χ0n) is 15.6. The highest BCUT2D eigenvalue weighted by Gasteiger charge is 2.21. The Kier molecular flexibility index (Phi) is 4.85. The summed E-state index contributed by atoms with van der Waals surface area (Å²) in [6, 6.07) is 13.4. The van der Waals surface area contributed by atoms with Gasteiger partial charge in [-0.1, -0.05) is 12.1 Å². The van der Waals surface area contributed by atoms with Crippen LogP contribution in [0.4, 0.5) is 5.69 Å². The number of amides is 2. The van der Waals surface area contributed by atoms with Crippen LogP contribution in [0.2, 0.25) is 0 Å². The smallest absolute Gasteiger partial charge is 0.270 e. The monoisotopic (exact) mass is 372 g/mol. The molecule has 0 fully saturated rings. The molecule has 4 rings (SSSR count). The van der Waals surface area contributed by atoms with E-state index < -0.39 is 0 Å². The average Bonchev–Trinajstić information content (AvgIpc) is 2.75. The molecule has 2 amide bonds. The number of aryl methyl sites for hydroxylation is 1. The zero-order valence-corrected chi connectivity index (χ0v) is 15.6. The van der Waals surface area contributed by atoms with Crippen molar-refractivity contribution in [1.29, 1.82) is 0 Å². The van der Waals surface area contributed by atoms with Gasteiger partial charge in [0.25, 0.3) is 5.91 Å². The summed E-state index contributed by atoms with van der Waals surface area (Å²) in [7, 11) is 1.81. The fourth-order valence-electron chi connectivity index (χ4n) is 3.35. The quantitative estimate of drug-likeness (QED) is 0.764. The van der Waals surface area contributed by atoms with Gasteiger partial charge in [0.2, 0.25) is 5.91 Å². The molecule has 140 valence electrons. The van der Waals surface area contributed by atoms with Crippen LogP contribution < -0.4 is 10.2 Å². The van der Waals surface area contributed by atoms with E-state index in [-0.39, 0.29) is 11.8 Å². The Labute approximate surface area is 163 Å². The molecule has 1 N–H and O–H groups in total. The summed E-state index contributed by atoms with van der Waals surface area (Å²) < 4.78 is 0. The third-order valence-corrected chi connectivity index (χ3v) is 4.90. The van der Waals surface area contributed by atoms with Crippen molar-refractivity contribution in [2.24, 2.45) is 0 Å². The normalized spacial score (nSPS) is 13.2. The predicted octanol–water partition coefficient (Wildman–Crippen LogP) is 2.98. The van der Waals surface area contributed by atoms with Gasteiger partial charge in [-0.05, 0) is 53.4 Å². The van der Waals surface area contributed by atoms with Crippen molar-refractivity contribution < 1.29 is 9.59 Å². The number of hydrogen-bond donors (Lipinski definition) is 1. The van der Waals surface area contributed by atoms with E-state index in [9.17, 15) is 9.59 Å². The number of rotatable bonds is 4. The van der Waals surface area contributed by atoms with Gasteiger partial charge >= 0.3 is 0 Å². The van der Waals surface area contributed by atoms with E-state index in [0.717, 1.165) is 34.4 Å². The van der Waals surface area contributed by atoms with E-state index in [4.69, 9.17) is 0 Å². The molecule has 0 radical (unpaired) electrons. The van der Waals surface area contributed by atoms with E-state index in [1.54, 1.807) is 35.5 Å². The summed E-state index contributed by atoms with van der Waals surface area (Å²) >= 11 is 0. The topological polar surface area (TPSA) is 75.2 Å². The van der Waals surface area contributed by atoms with Gasteiger partial charge in [0.1, 0.15) is 5.69 Å². The number of fused-ring (bicyclic) bond motifs is 1. The largest absolute Gasteiger partial charge is 0.347 e. The molecule has 1 aliphatic rings. The van der Waals surface area contributed by atoms with Crippen LogP contribution in [-0.2, 0) is 17.8 Å². The molecule has 0 bridgehead atoms. The first kappa shape index (κ1) is 17.9. The Bertz CT molecular complexity index is 1030. The number of pyridine rings is 2. The summed E-state index contributed by atoms with van der Waals surface area (Å²) in [5.74, 6) is -0.0694. The molecule has 0 unspecified atom stereocenters. The van der Waals surface area contributed by atoms with E-state index >= 15 is 0 Å². The van der Waals surface area contributed by atoms with Crippen LogP contribution in [0.1, 0.15) is 28.0 Å². The third-order valence-electron chi connectivity index (χ3n) is 4.90. The fourth-order valence-corrected chi connectivity index (χ4v) is 3.35. The lowest BCUT2D eigenvalue weighted by Crippen LogP contribution is -2.30. The van der Waals surface area contributed by atoms with Crippen molar-refractivity contribution in [3.05, 3.63) is 77.9 Å². The van der Waals surface area contributed by atoms with Crippen molar-refractivity contribution in [3.8, 4) is 11.1 Å². The van der Waals surface area contributed by atoms with Crippen molar-refractivity contribution in [2.75, 3.05) is 11.9 Å². The molecule has 3 aromatic rings. The van der Waals surface area contributed by atoms with E-state index in [0.29, 0.717) is 18.7 Å². The Hall–Kier alpha value is -3.54. The Morgan fingerprint density at radius 2 is 2.00 bits per heavy atom. The molecule has 6 nitrogen and oxygen atoms in total. The summed E-state index contributed by atoms with van der Waals surface area (Å²) in [4.78, 5) is 34.1. The van der Waals surface area contributed by atoms with Gasteiger partial charge < -0.3 is 10.2 Å². The van der Waals surface area contributed by atoms with Crippen molar-refractivity contribution >= 4 is 17.5 Å². The first-order chi connectivity index (χ1) is 13.6. The minimum atomic E-state index is -0.215. The highest BCUT2D eigenvalue weighted by molar-refractivity contribution is 5.96. The van der Waals surface area contributed by atoms with Gasteiger partial charge in [0, 0.05) is 49.9 Å². The molecule has 28 heavy (non-hydrogen) atoms. The molecule has 3 heterocycles. The maximum atomic E-state index is 12.2. The molecule has 0 spiro atoms. The first-order valence-electron chi connectivity index (χ1n) is 9.15. The molecular weight excluding hydrogens is 352 g/mol. The summed E-state index contributed by atoms with van der Waals surface area (Å²) in [5, 5.41) is 2.87.